The molecule has 13 heavy (non-hydrogen) atoms. The molecule has 1 unspecified atom stereocenters. The third-order valence-electron chi connectivity index (χ3n) is 1.42. The topological polar surface area (TPSA) is 74.3 Å². The Bertz CT molecular complexity index is 346. The zero-order valence-corrected chi connectivity index (χ0v) is 7.24. The Morgan fingerprint density at radius 2 is 1.54 bits per heavy atom. The summed E-state index contributed by atoms with van der Waals surface area (Å²) in [6.07, 6.45) is 0.979. The lowest BCUT2D eigenvalue weighted by Gasteiger charge is -2.05. The molecule has 0 aliphatic heterocycles. The van der Waals surface area contributed by atoms with Gasteiger partial charge in [-0.2, -0.15) is 0 Å². The maximum atomic E-state index is 10.5. The lowest BCUT2D eigenvalue weighted by Crippen LogP contribution is -1.94. The molecule has 4 nitrogen and oxygen atoms in total. The summed E-state index contributed by atoms with van der Waals surface area (Å²) in [5.74, 6) is 0. The lowest BCUT2D eigenvalue weighted by molar-refractivity contribution is 0.112. The summed E-state index contributed by atoms with van der Waals surface area (Å²) in [5, 5.41) is 0. The Labute approximate surface area is 76.9 Å². The number of aldehydes is 2. The Morgan fingerprint density at radius 3 is 1.85 bits per heavy atom. The van der Waals surface area contributed by atoms with Crippen molar-refractivity contribution in [2.24, 2.45) is 0 Å². The van der Waals surface area contributed by atoms with Crippen LogP contribution in [0.2, 0.25) is 0 Å². The molecule has 1 aromatic rings. The van der Waals surface area contributed by atoms with Crippen molar-refractivity contribution < 1.29 is 18.4 Å². The average molecular weight is 197 g/mol. The molecule has 0 saturated heterocycles. The summed E-state index contributed by atoms with van der Waals surface area (Å²) in [4.78, 5) is 20.6. The Hall–Kier alpha value is -1.33. The summed E-state index contributed by atoms with van der Waals surface area (Å²) < 4.78 is 21.0. The highest BCUT2D eigenvalue weighted by atomic mass is 32.2. The van der Waals surface area contributed by atoms with Gasteiger partial charge in [-0.25, -0.2) is 0 Å². The molecule has 0 N–H and O–H groups in total. The smallest absolute Gasteiger partial charge is 0.150 e. The van der Waals surface area contributed by atoms with Crippen LogP contribution in [0.5, 0.6) is 0 Å². The minimum absolute atomic E-state index is 0.0632. The van der Waals surface area contributed by atoms with E-state index in [2.05, 4.69) is 0 Å². The summed E-state index contributed by atoms with van der Waals surface area (Å²) in [6, 6.07) is 3.71. The fourth-order valence-electron chi connectivity index (χ4n) is 0.878. The molecule has 5 heteroatoms. The van der Waals surface area contributed by atoms with E-state index in [1.54, 1.807) is 0 Å². The second kappa shape index (κ2) is 4.06. The number of hydrogen-bond acceptors (Lipinski definition) is 4. The molecular weight excluding hydrogens is 192 g/mol. The minimum atomic E-state index is -2.42. The molecular formula is C8H5O4S-. The normalized spacial score (nSPS) is 12.1. The van der Waals surface area contributed by atoms with Gasteiger partial charge in [0.2, 0.25) is 0 Å². The predicted molar refractivity (Wildman–Crippen MR) is 44.4 cm³/mol. The molecule has 0 bridgehead atoms. The summed E-state index contributed by atoms with van der Waals surface area (Å²) in [6.45, 7) is 0. The number of rotatable bonds is 3. The first kappa shape index (κ1) is 9.76. The largest absolute Gasteiger partial charge is 0.768 e. The van der Waals surface area contributed by atoms with E-state index in [1.165, 1.54) is 18.2 Å². The third-order valence-corrected chi connectivity index (χ3v) is 2.04. The van der Waals surface area contributed by atoms with Gasteiger partial charge in [0.05, 0.1) is 0 Å². The Kier molecular flexibility index (Phi) is 3.05. The van der Waals surface area contributed by atoms with Crippen LogP contribution < -0.4 is 0 Å². The van der Waals surface area contributed by atoms with Gasteiger partial charge in [-0.15, -0.1) is 0 Å². The van der Waals surface area contributed by atoms with E-state index in [9.17, 15) is 18.4 Å². The Morgan fingerprint density at radius 1 is 1.08 bits per heavy atom. The predicted octanol–water partition coefficient (Wildman–Crippen LogP) is 0.550. The average Bonchev–Trinajstić information content (AvgIpc) is 2.16. The van der Waals surface area contributed by atoms with E-state index in [0.717, 1.165) is 0 Å². The van der Waals surface area contributed by atoms with Crippen molar-refractivity contribution in [3.63, 3.8) is 0 Å². The van der Waals surface area contributed by atoms with Crippen LogP contribution in [0.25, 0.3) is 0 Å². The molecule has 0 fully saturated rings. The van der Waals surface area contributed by atoms with Crippen molar-refractivity contribution in [2.75, 3.05) is 0 Å². The van der Waals surface area contributed by atoms with Crippen LogP contribution in [0, 0.1) is 0 Å². The van der Waals surface area contributed by atoms with Crippen molar-refractivity contribution in [1.29, 1.82) is 0 Å². The first-order valence-corrected chi connectivity index (χ1v) is 4.39. The van der Waals surface area contributed by atoms with Gasteiger partial charge in [0.25, 0.3) is 0 Å². The molecule has 0 amide bonds. The van der Waals surface area contributed by atoms with Crippen LogP contribution in [-0.4, -0.2) is 21.3 Å². The van der Waals surface area contributed by atoms with Crippen LogP contribution in [0.3, 0.4) is 0 Å². The molecule has 0 spiro atoms. The van der Waals surface area contributed by atoms with Gasteiger partial charge in [-0.3, -0.25) is 13.8 Å². The van der Waals surface area contributed by atoms with Gasteiger partial charge in [0, 0.05) is 16.0 Å². The molecule has 1 rings (SSSR count). The van der Waals surface area contributed by atoms with E-state index in [0.29, 0.717) is 12.6 Å². The maximum absolute atomic E-state index is 10.5. The first-order chi connectivity index (χ1) is 6.17. The highest BCUT2D eigenvalue weighted by Crippen LogP contribution is 2.10. The second-order valence-corrected chi connectivity index (χ2v) is 3.25. The molecule has 0 aromatic heterocycles. The summed E-state index contributed by atoms with van der Waals surface area (Å²) in [7, 11) is 0. The van der Waals surface area contributed by atoms with Crippen LogP contribution in [-0.2, 0) is 11.1 Å². The van der Waals surface area contributed by atoms with Gasteiger partial charge >= 0.3 is 0 Å². The highest BCUT2D eigenvalue weighted by molar-refractivity contribution is 7.79. The van der Waals surface area contributed by atoms with E-state index in [1.807, 2.05) is 0 Å². The molecule has 0 radical (unpaired) electrons. The fraction of sp³-hybridized carbons (Fsp3) is 0. The second-order valence-electron chi connectivity index (χ2n) is 2.31. The number of carbonyl (C=O) groups is 2. The summed E-state index contributed by atoms with van der Waals surface area (Å²) in [5.41, 5.74) is 0.340. The third kappa shape index (κ3) is 2.30. The van der Waals surface area contributed by atoms with E-state index >= 15 is 0 Å². The molecule has 0 saturated carbocycles. The van der Waals surface area contributed by atoms with E-state index in [4.69, 9.17) is 0 Å². The maximum Gasteiger partial charge on any atom is 0.150 e. The molecule has 68 valence electrons. The van der Waals surface area contributed by atoms with Gasteiger partial charge in [-0.05, 0) is 29.3 Å². The van der Waals surface area contributed by atoms with E-state index in [-0.39, 0.29) is 16.0 Å². The monoisotopic (exact) mass is 197 g/mol. The van der Waals surface area contributed by atoms with Crippen molar-refractivity contribution in [3.05, 3.63) is 29.3 Å². The zero-order valence-electron chi connectivity index (χ0n) is 6.43. The van der Waals surface area contributed by atoms with Crippen molar-refractivity contribution in [1.82, 2.24) is 0 Å². The zero-order chi connectivity index (χ0) is 9.84. The number of hydrogen-bond donors (Lipinski definition) is 0. The quantitative estimate of drug-likeness (QED) is 0.523. The summed E-state index contributed by atoms with van der Waals surface area (Å²) >= 11 is -2.42. The van der Waals surface area contributed by atoms with Crippen LogP contribution in [0.15, 0.2) is 23.1 Å². The first-order valence-electron chi connectivity index (χ1n) is 3.32. The van der Waals surface area contributed by atoms with Gasteiger partial charge < -0.3 is 4.55 Å². The van der Waals surface area contributed by atoms with Crippen molar-refractivity contribution in [3.8, 4) is 0 Å². The van der Waals surface area contributed by atoms with E-state index < -0.39 is 11.1 Å². The van der Waals surface area contributed by atoms with Crippen LogP contribution >= 0.6 is 0 Å². The van der Waals surface area contributed by atoms with Gasteiger partial charge in [0.15, 0.2) is 0 Å². The molecule has 1 aromatic carbocycles. The van der Waals surface area contributed by atoms with Crippen LogP contribution in [0.1, 0.15) is 20.7 Å². The highest BCUT2D eigenvalue weighted by Gasteiger charge is 1.99. The van der Waals surface area contributed by atoms with Gasteiger partial charge in [-0.1, -0.05) is 0 Å². The fourth-order valence-corrected chi connectivity index (χ4v) is 1.34. The van der Waals surface area contributed by atoms with Crippen LogP contribution in [0.4, 0.5) is 0 Å². The SMILES string of the molecule is O=Cc1cc(C=O)cc(S(=O)[O-])c1. The Balaban J connectivity index is 3.30. The molecule has 1 atom stereocenters. The van der Waals surface area contributed by atoms with Crippen molar-refractivity contribution in [2.45, 2.75) is 4.90 Å². The minimum Gasteiger partial charge on any atom is -0.768 e. The van der Waals surface area contributed by atoms with Crippen molar-refractivity contribution >= 4 is 23.7 Å². The molecule has 0 aliphatic rings. The molecule has 0 aliphatic carbocycles. The number of benzene rings is 1. The standard InChI is InChI=1S/C8H6O4S/c9-4-6-1-7(5-10)3-8(2-6)13(11)12/h1-5H,(H,11,12)/p-1. The van der Waals surface area contributed by atoms with Gasteiger partial charge in [0.1, 0.15) is 12.6 Å². The molecule has 0 heterocycles. The number of carbonyl (C=O) groups excluding carboxylic acids is 2. The lowest BCUT2D eigenvalue weighted by atomic mass is 10.1.